The van der Waals surface area contributed by atoms with E-state index >= 15 is 0 Å². The van der Waals surface area contributed by atoms with Crippen LogP contribution in [0.2, 0.25) is 0 Å². The van der Waals surface area contributed by atoms with E-state index in [1.54, 1.807) is 0 Å². The summed E-state index contributed by atoms with van der Waals surface area (Å²) in [7, 11) is 1.31. The number of benzene rings is 1. The van der Waals surface area contributed by atoms with Gasteiger partial charge in [-0.2, -0.15) is 0 Å². The van der Waals surface area contributed by atoms with Crippen LogP contribution in [0.1, 0.15) is 51.5 Å². The number of ether oxygens (including phenoxy) is 1. The molecule has 0 bridgehead atoms. The van der Waals surface area contributed by atoms with Gasteiger partial charge in [0.05, 0.1) is 13.2 Å². The lowest BCUT2D eigenvalue weighted by molar-refractivity contribution is -0.145. The second kappa shape index (κ2) is 11.8. The molecule has 1 saturated heterocycles. The van der Waals surface area contributed by atoms with Crippen molar-refractivity contribution in [2.75, 3.05) is 13.7 Å². The second-order valence-corrected chi connectivity index (χ2v) is 9.19. The van der Waals surface area contributed by atoms with Crippen molar-refractivity contribution in [3.05, 3.63) is 36.0 Å². The monoisotopic (exact) mass is 456 g/mol. The number of hydrogen-bond donors (Lipinski definition) is 4. The van der Waals surface area contributed by atoms with E-state index in [2.05, 4.69) is 20.9 Å². The molecule has 8 nitrogen and oxygen atoms in total. The van der Waals surface area contributed by atoms with Crippen LogP contribution >= 0.6 is 0 Å². The van der Waals surface area contributed by atoms with Crippen LogP contribution in [-0.4, -0.2) is 54.5 Å². The normalized spacial score (nSPS) is 18.4. The molecular weight excluding hydrogens is 420 g/mol. The quantitative estimate of drug-likeness (QED) is 0.433. The summed E-state index contributed by atoms with van der Waals surface area (Å²) in [5.74, 6) is -0.869. The highest BCUT2D eigenvalue weighted by molar-refractivity contribution is 5.92. The first-order valence-corrected chi connectivity index (χ1v) is 11.9. The Morgan fingerprint density at radius 3 is 2.64 bits per heavy atom. The molecule has 0 spiro atoms. The number of carbonyl (C=O) groups is 3. The molecule has 1 aromatic carbocycles. The molecule has 0 saturated carbocycles. The molecular formula is C25H36N4O4. The zero-order valence-corrected chi connectivity index (χ0v) is 19.8. The van der Waals surface area contributed by atoms with Crippen LogP contribution in [0.5, 0.6) is 0 Å². The number of aromatic nitrogens is 1. The van der Waals surface area contributed by atoms with Crippen LogP contribution in [0.3, 0.4) is 0 Å². The van der Waals surface area contributed by atoms with Crippen LogP contribution in [0.25, 0.3) is 10.9 Å². The molecule has 4 N–H and O–H groups in total. The molecule has 0 radical (unpaired) electrons. The summed E-state index contributed by atoms with van der Waals surface area (Å²) in [6, 6.07) is 5.92. The standard InChI is InChI=1S/C25H36N4O4/c1-16(2)13-21(28-23(30)20-11-5-4-8-12-26-20)24(31)29-22(25(32)33-3)14-17-15-27-19-10-7-6-9-18(17)19/h6-7,9-10,15-16,20-22,26-27H,4-5,8,11-14H2,1-3H3,(H,28,30)(H,29,31)/t20?,21-,22+/m0/s1. The largest absolute Gasteiger partial charge is 0.467 e. The molecule has 180 valence electrons. The highest BCUT2D eigenvalue weighted by Crippen LogP contribution is 2.19. The molecule has 2 aromatic rings. The molecule has 0 aliphatic carbocycles. The first-order chi connectivity index (χ1) is 15.9. The number of nitrogens with one attached hydrogen (secondary N) is 4. The lowest BCUT2D eigenvalue weighted by Gasteiger charge is -2.25. The molecule has 1 unspecified atom stereocenters. The van der Waals surface area contributed by atoms with Crippen LogP contribution in [0.15, 0.2) is 30.5 Å². The number of aromatic amines is 1. The third kappa shape index (κ3) is 6.81. The van der Waals surface area contributed by atoms with Crippen LogP contribution in [-0.2, 0) is 25.5 Å². The van der Waals surface area contributed by atoms with Crippen molar-refractivity contribution in [1.29, 1.82) is 0 Å². The number of para-hydroxylation sites is 1. The SMILES string of the molecule is COC(=O)[C@@H](Cc1c[nH]c2ccccc12)NC(=O)[C@H](CC(C)C)NC(=O)C1CCCCCN1. The average Bonchev–Trinajstić information content (AvgIpc) is 3.01. The van der Waals surface area contributed by atoms with Gasteiger partial charge >= 0.3 is 5.97 Å². The van der Waals surface area contributed by atoms with E-state index in [1.807, 2.05) is 44.3 Å². The van der Waals surface area contributed by atoms with Gasteiger partial charge in [-0.3, -0.25) is 9.59 Å². The van der Waals surface area contributed by atoms with Crippen molar-refractivity contribution in [2.24, 2.45) is 5.92 Å². The second-order valence-electron chi connectivity index (χ2n) is 9.19. The Hall–Kier alpha value is -2.87. The molecule has 1 aliphatic rings. The first-order valence-electron chi connectivity index (χ1n) is 11.9. The molecule has 1 fully saturated rings. The maximum Gasteiger partial charge on any atom is 0.328 e. The lowest BCUT2D eigenvalue weighted by Crippen LogP contribution is -2.55. The van der Waals surface area contributed by atoms with Gasteiger partial charge in [-0.1, -0.05) is 44.9 Å². The maximum absolute atomic E-state index is 13.2. The molecule has 2 amide bonds. The zero-order chi connectivity index (χ0) is 23.8. The number of H-pyrrole nitrogens is 1. The van der Waals surface area contributed by atoms with Gasteiger partial charge in [-0.05, 0) is 43.4 Å². The van der Waals surface area contributed by atoms with Crippen molar-refractivity contribution in [3.8, 4) is 0 Å². The number of carbonyl (C=O) groups excluding carboxylic acids is 3. The Morgan fingerprint density at radius 1 is 1.09 bits per heavy atom. The Bertz CT molecular complexity index is 947. The predicted octanol–water partition coefficient (Wildman–Crippen LogP) is 2.43. The fraction of sp³-hybridized carbons (Fsp3) is 0.560. The van der Waals surface area contributed by atoms with Crippen molar-refractivity contribution >= 4 is 28.7 Å². The Balaban J connectivity index is 1.72. The Labute approximate surface area is 195 Å². The summed E-state index contributed by atoms with van der Waals surface area (Å²) in [6.45, 7) is 4.80. The summed E-state index contributed by atoms with van der Waals surface area (Å²) in [4.78, 5) is 41.8. The van der Waals surface area contributed by atoms with E-state index in [1.165, 1.54) is 7.11 Å². The smallest absolute Gasteiger partial charge is 0.328 e. The number of fused-ring (bicyclic) bond motifs is 1. The number of esters is 1. The van der Waals surface area contributed by atoms with Gasteiger partial charge in [0.25, 0.3) is 0 Å². The summed E-state index contributed by atoms with van der Waals surface area (Å²) in [6.07, 6.45) is 6.50. The van der Waals surface area contributed by atoms with Gasteiger partial charge in [0.2, 0.25) is 11.8 Å². The fourth-order valence-corrected chi connectivity index (χ4v) is 4.36. The molecule has 1 aliphatic heterocycles. The molecule has 33 heavy (non-hydrogen) atoms. The lowest BCUT2D eigenvalue weighted by atomic mass is 10.0. The fourth-order valence-electron chi connectivity index (χ4n) is 4.36. The van der Waals surface area contributed by atoms with Gasteiger partial charge in [-0.25, -0.2) is 4.79 Å². The van der Waals surface area contributed by atoms with E-state index in [4.69, 9.17) is 4.74 Å². The molecule has 1 aromatic heterocycles. The minimum Gasteiger partial charge on any atom is -0.467 e. The van der Waals surface area contributed by atoms with Crippen molar-refractivity contribution in [2.45, 2.75) is 70.5 Å². The first kappa shape index (κ1) is 24.8. The van der Waals surface area contributed by atoms with Crippen molar-refractivity contribution in [3.63, 3.8) is 0 Å². The van der Waals surface area contributed by atoms with E-state index in [9.17, 15) is 14.4 Å². The van der Waals surface area contributed by atoms with Crippen LogP contribution in [0.4, 0.5) is 0 Å². The molecule has 2 heterocycles. The van der Waals surface area contributed by atoms with E-state index < -0.39 is 18.1 Å². The summed E-state index contributed by atoms with van der Waals surface area (Å²) < 4.78 is 4.96. The third-order valence-corrected chi connectivity index (χ3v) is 6.12. The number of methoxy groups -OCH3 is 1. The number of rotatable bonds is 9. The Kier molecular flexibility index (Phi) is 8.88. The van der Waals surface area contributed by atoms with Gasteiger partial charge in [0, 0.05) is 23.5 Å². The summed E-state index contributed by atoms with van der Waals surface area (Å²) >= 11 is 0. The van der Waals surface area contributed by atoms with Crippen LogP contribution in [0, 0.1) is 5.92 Å². The predicted molar refractivity (Wildman–Crippen MR) is 128 cm³/mol. The molecule has 3 rings (SSSR count). The zero-order valence-electron chi connectivity index (χ0n) is 19.8. The molecule has 3 atom stereocenters. The Morgan fingerprint density at radius 2 is 1.88 bits per heavy atom. The number of hydrogen-bond acceptors (Lipinski definition) is 5. The minimum absolute atomic E-state index is 0.163. The topological polar surface area (TPSA) is 112 Å². The number of amides is 2. The van der Waals surface area contributed by atoms with Gasteiger partial charge in [0.1, 0.15) is 12.1 Å². The maximum atomic E-state index is 13.2. The van der Waals surface area contributed by atoms with Gasteiger partial charge < -0.3 is 25.7 Å². The van der Waals surface area contributed by atoms with Gasteiger partial charge in [-0.15, -0.1) is 0 Å². The minimum atomic E-state index is -0.857. The van der Waals surface area contributed by atoms with Crippen LogP contribution < -0.4 is 16.0 Å². The highest BCUT2D eigenvalue weighted by Gasteiger charge is 2.30. The van der Waals surface area contributed by atoms with E-state index in [-0.39, 0.29) is 30.2 Å². The van der Waals surface area contributed by atoms with Gasteiger partial charge in [0.15, 0.2) is 0 Å². The van der Waals surface area contributed by atoms with Crippen molar-refractivity contribution < 1.29 is 19.1 Å². The third-order valence-electron chi connectivity index (χ3n) is 6.12. The van der Waals surface area contributed by atoms with E-state index in [0.717, 1.165) is 48.7 Å². The summed E-state index contributed by atoms with van der Waals surface area (Å²) in [5.41, 5.74) is 1.87. The molecule has 8 heteroatoms. The van der Waals surface area contributed by atoms with Crippen molar-refractivity contribution in [1.82, 2.24) is 20.9 Å². The highest BCUT2D eigenvalue weighted by atomic mass is 16.5. The van der Waals surface area contributed by atoms with E-state index in [0.29, 0.717) is 6.42 Å². The average molecular weight is 457 g/mol. The summed E-state index contributed by atoms with van der Waals surface area (Å²) in [5, 5.41) is 10.0.